The molecule has 16 heavy (non-hydrogen) atoms. The Morgan fingerprint density at radius 1 is 1.56 bits per heavy atom. The first-order valence-corrected chi connectivity index (χ1v) is 5.29. The molecule has 1 atom stereocenters. The van der Waals surface area contributed by atoms with E-state index < -0.39 is 5.97 Å². The molecule has 1 fully saturated rings. The van der Waals surface area contributed by atoms with Crippen molar-refractivity contribution in [1.29, 1.82) is 0 Å². The molecular weight excluding hydrogens is 206 g/mol. The van der Waals surface area contributed by atoms with E-state index in [2.05, 4.69) is 29.1 Å². The zero-order chi connectivity index (χ0) is 11.8. The van der Waals surface area contributed by atoms with E-state index >= 15 is 0 Å². The predicted molar refractivity (Wildman–Crippen MR) is 59.4 cm³/mol. The summed E-state index contributed by atoms with van der Waals surface area (Å²) in [6.45, 7) is 5.16. The van der Waals surface area contributed by atoms with Gasteiger partial charge in [0, 0.05) is 18.9 Å². The molecule has 1 saturated carbocycles. The lowest BCUT2D eigenvalue weighted by molar-refractivity contribution is 0.0691. The predicted octanol–water partition coefficient (Wildman–Crippen LogP) is 1.63. The van der Waals surface area contributed by atoms with Crippen LogP contribution in [-0.4, -0.2) is 27.6 Å². The minimum Gasteiger partial charge on any atom is -0.476 e. The van der Waals surface area contributed by atoms with Gasteiger partial charge in [0.25, 0.3) is 0 Å². The molecule has 0 aliphatic heterocycles. The average Bonchev–Trinajstić information content (AvgIpc) is 2.84. The van der Waals surface area contributed by atoms with Crippen LogP contribution in [0.2, 0.25) is 0 Å². The normalized spacial score (nSPS) is 21.5. The van der Waals surface area contributed by atoms with E-state index in [0.717, 1.165) is 6.54 Å². The summed E-state index contributed by atoms with van der Waals surface area (Å²) >= 11 is 0. The van der Waals surface area contributed by atoms with E-state index in [9.17, 15) is 4.79 Å². The fraction of sp³-hybridized carbons (Fsp3) is 0.545. The molecule has 2 rings (SSSR count). The number of aromatic nitrogens is 2. The summed E-state index contributed by atoms with van der Waals surface area (Å²) in [5, 5.41) is 12.0. The second-order valence-electron chi connectivity index (χ2n) is 4.83. The Bertz CT molecular complexity index is 417. The van der Waals surface area contributed by atoms with Crippen LogP contribution in [0.4, 0.5) is 5.82 Å². The highest BCUT2D eigenvalue weighted by Gasteiger charge is 2.45. The van der Waals surface area contributed by atoms with Gasteiger partial charge in [-0.2, -0.15) is 0 Å². The maximum Gasteiger partial charge on any atom is 0.358 e. The molecule has 1 heterocycles. The third-order valence-electron chi connectivity index (χ3n) is 3.13. The summed E-state index contributed by atoms with van der Waals surface area (Å²) in [5.74, 6) is -0.0977. The first-order valence-electron chi connectivity index (χ1n) is 5.29. The van der Waals surface area contributed by atoms with Gasteiger partial charge in [0.1, 0.15) is 0 Å². The fourth-order valence-corrected chi connectivity index (χ4v) is 1.77. The van der Waals surface area contributed by atoms with Crippen LogP contribution in [0, 0.1) is 11.3 Å². The van der Waals surface area contributed by atoms with Crippen molar-refractivity contribution in [1.82, 2.24) is 9.97 Å². The number of carboxylic acid groups (broad SMARTS) is 1. The topological polar surface area (TPSA) is 75.1 Å². The summed E-state index contributed by atoms with van der Waals surface area (Å²) in [6, 6.07) is 0. The van der Waals surface area contributed by atoms with E-state index in [1.54, 1.807) is 0 Å². The number of aromatic carboxylic acids is 1. The Kier molecular flexibility index (Phi) is 2.53. The summed E-state index contributed by atoms with van der Waals surface area (Å²) in [4.78, 5) is 18.6. The molecule has 1 aromatic heterocycles. The van der Waals surface area contributed by atoms with Gasteiger partial charge in [-0.1, -0.05) is 13.8 Å². The van der Waals surface area contributed by atoms with Gasteiger partial charge in [0.15, 0.2) is 11.5 Å². The van der Waals surface area contributed by atoms with Crippen molar-refractivity contribution in [2.24, 2.45) is 11.3 Å². The monoisotopic (exact) mass is 221 g/mol. The molecule has 0 saturated heterocycles. The maximum absolute atomic E-state index is 10.9. The van der Waals surface area contributed by atoms with Crippen LogP contribution >= 0.6 is 0 Å². The van der Waals surface area contributed by atoms with Crippen molar-refractivity contribution in [2.75, 3.05) is 11.9 Å². The Morgan fingerprint density at radius 3 is 2.75 bits per heavy atom. The molecule has 1 unspecified atom stereocenters. The number of nitrogens with zero attached hydrogens (tertiary/aromatic N) is 2. The number of nitrogens with one attached hydrogen (secondary N) is 1. The Hall–Kier alpha value is -1.65. The van der Waals surface area contributed by atoms with Crippen molar-refractivity contribution < 1.29 is 9.90 Å². The molecule has 0 spiro atoms. The van der Waals surface area contributed by atoms with E-state index in [1.165, 1.54) is 18.8 Å². The zero-order valence-electron chi connectivity index (χ0n) is 9.40. The van der Waals surface area contributed by atoms with Gasteiger partial charge >= 0.3 is 5.97 Å². The van der Waals surface area contributed by atoms with Crippen LogP contribution in [0.5, 0.6) is 0 Å². The molecule has 0 amide bonds. The number of anilines is 1. The van der Waals surface area contributed by atoms with E-state index in [1.807, 2.05) is 0 Å². The van der Waals surface area contributed by atoms with E-state index in [-0.39, 0.29) is 5.69 Å². The van der Waals surface area contributed by atoms with Crippen molar-refractivity contribution in [3.8, 4) is 0 Å². The van der Waals surface area contributed by atoms with Gasteiger partial charge in [-0.25, -0.2) is 14.8 Å². The number of hydrogen-bond acceptors (Lipinski definition) is 4. The van der Waals surface area contributed by atoms with Crippen molar-refractivity contribution in [3.63, 3.8) is 0 Å². The Balaban J connectivity index is 2.02. The van der Waals surface area contributed by atoms with Gasteiger partial charge in [0.05, 0.1) is 0 Å². The first-order chi connectivity index (χ1) is 7.50. The minimum atomic E-state index is -1.05. The quantitative estimate of drug-likeness (QED) is 0.808. The van der Waals surface area contributed by atoms with E-state index in [4.69, 9.17) is 5.11 Å². The standard InChI is InChI=1S/C11H15N3O2/c1-11(2)5-7(11)6-14-9-8(10(15)16)12-3-4-13-9/h3-4,7H,5-6H2,1-2H3,(H,13,14)(H,15,16). The van der Waals surface area contributed by atoms with Gasteiger partial charge in [-0.3, -0.25) is 0 Å². The molecule has 0 bridgehead atoms. The third-order valence-corrected chi connectivity index (χ3v) is 3.13. The van der Waals surface area contributed by atoms with Gasteiger partial charge in [-0.15, -0.1) is 0 Å². The molecule has 5 nitrogen and oxygen atoms in total. The van der Waals surface area contributed by atoms with Crippen LogP contribution in [-0.2, 0) is 0 Å². The molecule has 5 heteroatoms. The highest BCUT2D eigenvalue weighted by atomic mass is 16.4. The molecule has 1 aliphatic rings. The second-order valence-corrected chi connectivity index (χ2v) is 4.83. The lowest BCUT2D eigenvalue weighted by Crippen LogP contribution is -2.13. The van der Waals surface area contributed by atoms with Crippen LogP contribution in [0.1, 0.15) is 30.8 Å². The summed E-state index contributed by atoms with van der Waals surface area (Å²) in [5.41, 5.74) is 0.361. The fourth-order valence-electron chi connectivity index (χ4n) is 1.77. The molecule has 0 aromatic carbocycles. The third kappa shape index (κ3) is 2.13. The van der Waals surface area contributed by atoms with E-state index in [0.29, 0.717) is 17.2 Å². The van der Waals surface area contributed by atoms with Gasteiger partial charge < -0.3 is 10.4 Å². The van der Waals surface area contributed by atoms with Crippen molar-refractivity contribution in [3.05, 3.63) is 18.1 Å². The van der Waals surface area contributed by atoms with Crippen molar-refractivity contribution in [2.45, 2.75) is 20.3 Å². The largest absolute Gasteiger partial charge is 0.476 e. The van der Waals surface area contributed by atoms with Gasteiger partial charge in [-0.05, 0) is 17.8 Å². The number of hydrogen-bond donors (Lipinski definition) is 2. The number of carboxylic acids is 1. The highest BCUT2D eigenvalue weighted by molar-refractivity contribution is 5.90. The SMILES string of the molecule is CC1(C)CC1CNc1nccnc1C(=O)O. The average molecular weight is 221 g/mol. The smallest absolute Gasteiger partial charge is 0.358 e. The molecule has 2 N–H and O–H groups in total. The van der Waals surface area contributed by atoms with Gasteiger partial charge in [0.2, 0.25) is 0 Å². The number of carbonyl (C=O) groups is 1. The molecule has 1 aliphatic carbocycles. The Labute approximate surface area is 93.9 Å². The van der Waals surface area contributed by atoms with Crippen LogP contribution < -0.4 is 5.32 Å². The van der Waals surface area contributed by atoms with Crippen molar-refractivity contribution >= 4 is 11.8 Å². The molecule has 86 valence electrons. The number of rotatable bonds is 4. The first kappa shape index (κ1) is 10.9. The van der Waals surface area contributed by atoms with Crippen LogP contribution in [0.25, 0.3) is 0 Å². The lowest BCUT2D eigenvalue weighted by atomic mass is 10.1. The van der Waals surface area contributed by atoms with Crippen LogP contribution in [0.15, 0.2) is 12.4 Å². The Morgan fingerprint density at radius 2 is 2.19 bits per heavy atom. The molecule has 1 aromatic rings. The van der Waals surface area contributed by atoms with Crippen LogP contribution in [0.3, 0.4) is 0 Å². The summed E-state index contributed by atoms with van der Waals surface area (Å²) in [7, 11) is 0. The highest BCUT2D eigenvalue weighted by Crippen LogP contribution is 2.51. The molecular formula is C11H15N3O2. The summed E-state index contributed by atoms with van der Waals surface area (Å²) < 4.78 is 0. The molecule has 0 radical (unpaired) electrons. The maximum atomic E-state index is 10.9. The summed E-state index contributed by atoms with van der Waals surface area (Å²) in [6.07, 6.45) is 4.05. The minimum absolute atomic E-state index is 0.0130. The second kappa shape index (κ2) is 3.73. The zero-order valence-corrected chi connectivity index (χ0v) is 9.40. The lowest BCUT2D eigenvalue weighted by Gasteiger charge is -2.08.